The molecule has 6 nitrogen and oxygen atoms in total. The first-order valence-corrected chi connectivity index (χ1v) is 10.2. The summed E-state index contributed by atoms with van der Waals surface area (Å²) in [6, 6.07) is 15.1. The average molecular weight is 411 g/mol. The fraction of sp³-hybridized carbons (Fsp3) is 0.318. The Bertz CT molecular complexity index is 1000. The molecule has 1 N–H and O–H groups in total. The second kappa shape index (κ2) is 8.66. The van der Waals surface area contributed by atoms with Gasteiger partial charge >= 0.3 is 6.03 Å². The van der Waals surface area contributed by atoms with Crippen LogP contribution in [0, 0.1) is 12.8 Å². The van der Waals surface area contributed by atoms with E-state index >= 15 is 0 Å². The lowest BCUT2D eigenvalue weighted by Gasteiger charge is -2.32. The van der Waals surface area contributed by atoms with Crippen molar-refractivity contribution in [2.24, 2.45) is 5.92 Å². The molecule has 0 unspecified atom stereocenters. The van der Waals surface area contributed by atoms with Crippen LogP contribution in [0.2, 0.25) is 5.02 Å². The maximum atomic E-state index is 12.6. The standard InChI is InChI=1S/C22H23ClN4O2/c1-15-7-2-3-9-17(15)21-25-20(29-26-21)13-16-8-6-12-27(14-16)22(28)24-19-11-5-4-10-18(19)23/h2-5,7,9-11,16H,6,8,12-14H2,1H3,(H,24,28)/t16-/m0/s1. The second-order valence-corrected chi connectivity index (χ2v) is 7.80. The number of aryl methyl sites for hydroxylation is 1. The number of carbonyl (C=O) groups is 1. The van der Waals surface area contributed by atoms with Crippen molar-refractivity contribution in [3.63, 3.8) is 0 Å². The average Bonchev–Trinajstić information content (AvgIpc) is 3.18. The van der Waals surface area contributed by atoms with Crippen molar-refractivity contribution in [2.45, 2.75) is 26.2 Å². The van der Waals surface area contributed by atoms with Crippen LogP contribution in [0.1, 0.15) is 24.3 Å². The van der Waals surface area contributed by atoms with E-state index in [4.69, 9.17) is 16.1 Å². The third-order valence-electron chi connectivity index (χ3n) is 5.24. The fourth-order valence-corrected chi connectivity index (χ4v) is 3.87. The molecule has 0 aliphatic carbocycles. The molecule has 2 aromatic carbocycles. The SMILES string of the molecule is Cc1ccccc1-c1noc(C[C@@H]2CCCN(C(=O)Nc3ccccc3Cl)C2)n1. The Morgan fingerprint density at radius 3 is 2.86 bits per heavy atom. The van der Waals surface area contributed by atoms with Crippen LogP contribution in [0.5, 0.6) is 0 Å². The third-order valence-corrected chi connectivity index (χ3v) is 5.57. The van der Waals surface area contributed by atoms with Crippen molar-refractivity contribution in [1.82, 2.24) is 15.0 Å². The van der Waals surface area contributed by atoms with Crippen LogP contribution < -0.4 is 5.32 Å². The zero-order chi connectivity index (χ0) is 20.2. The van der Waals surface area contributed by atoms with Gasteiger partial charge in [0.25, 0.3) is 0 Å². The first kappa shape index (κ1) is 19.5. The highest BCUT2D eigenvalue weighted by atomic mass is 35.5. The highest BCUT2D eigenvalue weighted by Crippen LogP contribution is 2.25. The molecule has 2 amide bonds. The van der Waals surface area contributed by atoms with E-state index in [-0.39, 0.29) is 11.9 Å². The van der Waals surface area contributed by atoms with Crippen LogP contribution in [0.4, 0.5) is 10.5 Å². The van der Waals surface area contributed by atoms with Gasteiger partial charge in [0.15, 0.2) is 0 Å². The minimum Gasteiger partial charge on any atom is -0.339 e. The molecule has 0 spiro atoms. The maximum Gasteiger partial charge on any atom is 0.321 e. The number of urea groups is 1. The van der Waals surface area contributed by atoms with Gasteiger partial charge < -0.3 is 14.7 Å². The number of hydrogen-bond donors (Lipinski definition) is 1. The van der Waals surface area contributed by atoms with Gasteiger partial charge in [-0.25, -0.2) is 4.79 Å². The van der Waals surface area contributed by atoms with E-state index < -0.39 is 0 Å². The Morgan fingerprint density at radius 1 is 1.24 bits per heavy atom. The summed E-state index contributed by atoms with van der Waals surface area (Å²) >= 11 is 6.15. The molecule has 0 bridgehead atoms. The lowest BCUT2D eigenvalue weighted by atomic mass is 9.95. The van der Waals surface area contributed by atoms with Crippen molar-refractivity contribution in [2.75, 3.05) is 18.4 Å². The van der Waals surface area contributed by atoms with Crippen LogP contribution in [0.3, 0.4) is 0 Å². The third kappa shape index (κ3) is 4.59. The van der Waals surface area contributed by atoms with Gasteiger partial charge in [0.05, 0.1) is 10.7 Å². The molecule has 2 heterocycles. The number of carbonyl (C=O) groups excluding carboxylic acids is 1. The summed E-state index contributed by atoms with van der Waals surface area (Å²) in [5, 5.41) is 7.57. The normalized spacial score (nSPS) is 16.6. The number of piperidine rings is 1. The van der Waals surface area contributed by atoms with E-state index in [1.165, 1.54) is 0 Å². The Balaban J connectivity index is 1.39. The summed E-state index contributed by atoms with van der Waals surface area (Å²) in [6.07, 6.45) is 2.63. The molecule has 150 valence electrons. The van der Waals surface area contributed by atoms with Gasteiger partial charge in [-0.05, 0) is 43.4 Å². The quantitative estimate of drug-likeness (QED) is 0.642. The minimum absolute atomic E-state index is 0.131. The van der Waals surface area contributed by atoms with E-state index in [2.05, 4.69) is 15.5 Å². The van der Waals surface area contributed by atoms with E-state index in [0.29, 0.717) is 35.4 Å². The van der Waals surface area contributed by atoms with Crippen LogP contribution in [-0.4, -0.2) is 34.2 Å². The smallest absolute Gasteiger partial charge is 0.321 e. The van der Waals surface area contributed by atoms with Crippen LogP contribution in [0.15, 0.2) is 53.1 Å². The zero-order valence-electron chi connectivity index (χ0n) is 16.3. The molecular weight excluding hydrogens is 388 g/mol. The number of rotatable bonds is 4. The number of hydrogen-bond acceptors (Lipinski definition) is 4. The van der Waals surface area contributed by atoms with Gasteiger partial charge in [-0.1, -0.05) is 53.2 Å². The van der Waals surface area contributed by atoms with Crippen molar-refractivity contribution in [3.8, 4) is 11.4 Å². The number of benzene rings is 2. The van der Waals surface area contributed by atoms with Gasteiger partial charge in [0, 0.05) is 25.1 Å². The van der Waals surface area contributed by atoms with E-state index in [9.17, 15) is 4.79 Å². The molecule has 1 aromatic heterocycles. The summed E-state index contributed by atoms with van der Waals surface area (Å²) < 4.78 is 5.49. The van der Waals surface area contributed by atoms with Gasteiger partial charge in [-0.3, -0.25) is 0 Å². The monoisotopic (exact) mass is 410 g/mol. The molecule has 1 aliphatic rings. The highest BCUT2D eigenvalue weighted by molar-refractivity contribution is 6.33. The molecule has 4 rings (SSSR count). The molecule has 0 radical (unpaired) electrons. The van der Waals surface area contributed by atoms with Crippen LogP contribution in [0.25, 0.3) is 11.4 Å². The van der Waals surface area contributed by atoms with Gasteiger partial charge in [0.1, 0.15) is 0 Å². The molecule has 0 saturated carbocycles. The van der Waals surface area contributed by atoms with E-state index in [1.54, 1.807) is 12.1 Å². The lowest BCUT2D eigenvalue weighted by Crippen LogP contribution is -2.42. The highest BCUT2D eigenvalue weighted by Gasteiger charge is 2.26. The number of halogens is 1. The Kier molecular flexibility index (Phi) is 5.81. The van der Waals surface area contributed by atoms with Crippen molar-refractivity contribution in [1.29, 1.82) is 0 Å². The minimum atomic E-state index is -0.131. The predicted molar refractivity (Wildman–Crippen MR) is 113 cm³/mol. The van der Waals surface area contributed by atoms with Crippen LogP contribution in [-0.2, 0) is 6.42 Å². The lowest BCUT2D eigenvalue weighted by molar-refractivity contribution is 0.173. The van der Waals surface area contributed by atoms with Crippen molar-refractivity contribution >= 4 is 23.3 Å². The second-order valence-electron chi connectivity index (χ2n) is 7.40. The predicted octanol–water partition coefficient (Wildman–Crippen LogP) is 5.19. The molecular formula is C22H23ClN4O2. The first-order valence-electron chi connectivity index (χ1n) is 9.79. The summed E-state index contributed by atoms with van der Waals surface area (Å²) in [5.41, 5.74) is 2.72. The topological polar surface area (TPSA) is 71.3 Å². The van der Waals surface area contributed by atoms with Crippen molar-refractivity contribution < 1.29 is 9.32 Å². The number of amides is 2. The van der Waals surface area contributed by atoms with Gasteiger partial charge in [0.2, 0.25) is 11.7 Å². The Morgan fingerprint density at radius 2 is 2.03 bits per heavy atom. The number of likely N-dealkylation sites (tertiary alicyclic amines) is 1. The maximum absolute atomic E-state index is 12.6. The van der Waals surface area contributed by atoms with E-state index in [0.717, 1.165) is 30.5 Å². The van der Waals surface area contributed by atoms with Gasteiger partial charge in [-0.15, -0.1) is 0 Å². The molecule has 1 saturated heterocycles. The number of aromatic nitrogens is 2. The Hall–Kier alpha value is -2.86. The van der Waals surface area contributed by atoms with Crippen molar-refractivity contribution in [3.05, 3.63) is 65.0 Å². The summed E-state index contributed by atoms with van der Waals surface area (Å²) in [5.74, 6) is 1.51. The summed E-state index contributed by atoms with van der Waals surface area (Å²) in [6.45, 7) is 3.41. The number of nitrogens with one attached hydrogen (secondary N) is 1. The molecule has 1 fully saturated rings. The largest absolute Gasteiger partial charge is 0.339 e. The first-order chi connectivity index (χ1) is 14.1. The molecule has 29 heavy (non-hydrogen) atoms. The Labute approximate surface area is 174 Å². The number of nitrogens with zero attached hydrogens (tertiary/aromatic N) is 3. The summed E-state index contributed by atoms with van der Waals surface area (Å²) in [4.78, 5) is 19.0. The number of anilines is 1. The summed E-state index contributed by atoms with van der Waals surface area (Å²) in [7, 11) is 0. The molecule has 3 aromatic rings. The molecule has 7 heteroatoms. The fourth-order valence-electron chi connectivity index (χ4n) is 3.69. The number of para-hydroxylation sites is 1. The van der Waals surface area contributed by atoms with Crippen LogP contribution >= 0.6 is 11.6 Å². The van der Waals surface area contributed by atoms with E-state index in [1.807, 2.05) is 48.2 Å². The van der Waals surface area contributed by atoms with Gasteiger partial charge in [-0.2, -0.15) is 4.98 Å². The molecule has 1 atom stereocenters. The molecule has 1 aliphatic heterocycles. The zero-order valence-corrected chi connectivity index (χ0v) is 17.0.